The first-order valence-corrected chi connectivity index (χ1v) is 8.95. The average molecular weight is 349 g/mol. The minimum Gasteiger partial charge on any atom is -0.459 e. The van der Waals surface area contributed by atoms with E-state index in [0.29, 0.717) is 12.8 Å². The molecule has 0 radical (unpaired) electrons. The summed E-state index contributed by atoms with van der Waals surface area (Å²) in [5.41, 5.74) is 2.94. The molecule has 3 rings (SSSR count). The molecule has 4 nitrogen and oxygen atoms in total. The molecule has 1 saturated heterocycles. The highest BCUT2D eigenvalue weighted by molar-refractivity contribution is 5.95. The summed E-state index contributed by atoms with van der Waals surface area (Å²) in [6.07, 6.45) is 5.21. The van der Waals surface area contributed by atoms with Crippen LogP contribution >= 0.6 is 0 Å². The Hall–Kier alpha value is -2.88. The second kappa shape index (κ2) is 8.48. The quantitative estimate of drug-likeness (QED) is 0.585. The van der Waals surface area contributed by atoms with Gasteiger partial charge < -0.3 is 9.64 Å². The van der Waals surface area contributed by atoms with Crippen LogP contribution in [0, 0.1) is 0 Å². The maximum Gasteiger partial charge on any atom is 0.331 e. The largest absolute Gasteiger partial charge is 0.459 e. The number of esters is 1. The Morgan fingerprint density at radius 2 is 1.88 bits per heavy atom. The molecule has 0 aliphatic carbocycles. The van der Waals surface area contributed by atoms with E-state index < -0.39 is 0 Å². The molecule has 0 bridgehead atoms. The van der Waals surface area contributed by atoms with Crippen molar-refractivity contribution in [2.24, 2.45) is 0 Å². The predicted molar refractivity (Wildman–Crippen MR) is 103 cm³/mol. The number of ether oxygens (including phenoxy) is 1. The third-order valence-electron chi connectivity index (χ3n) is 4.37. The number of amides is 1. The third kappa shape index (κ3) is 4.82. The van der Waals surface area contributed by atoms with Crippen LogP contribution < -0.4 is 4.90 Å². The molecule has 1 atom stereocenters. The Bertz CT molecular complexity index is 781. The normalized spacial score (nSPS) is 15.4. The SMILES string of the molecule is CC(Cc1ccccc1)OC(=O)C=Cc1ccc(N2CCCC2=O)cc1. The Morgan fingerprint density at radius 1 is 1.15 bits per heavy atom. The van der Waals surface area contributed by atoms with E-state index in [1.807, 2.05) is 61.5 Å². The van der Waals surface area contributed by atoms with Gasteiger partial charge in [-0.1, -0.05) is 42.5 Å². The number of anilines is 1. The maximum absolute atomic E-state index is 12.0. The summed E-state index contributed by atoms with van der Waals surface area (Å²) in [6, 6.07) is 17.6. The van der Waals surface area contributed by atoms with Gasteiger partial charge in [0.05, 0.1) is 0 Å². The van der Waals surface area contributed by atoms with Crippen molar-refractivity contribution in [1.29, 1.82) is 0 Å². The molecule has 0 aromatic heterocycles. The van der Waals surface area contributed by atoms with Crippen LogP contribution in [0.5, 0.6) is 0 Å². The zero-order valence-corrected chi connectivity index (χ0v) is 14.9. The summed E-state index contributed by atoms with van der Waals surface area (Å²) in [6.45, 7) is 2.67. The Balaban J connectivity index is 1.52. The van der Waals surface area contributed by atoms with Crippen LogP contribution in [0.25, 0.3) is 6.08 Å². The summed E-state index contributed by atoms with van der Waals surface area (Å²) >= 11 is 0. The fourth-order valence-corrected chi connectivity index (χ4v) is 3.08. The smallest absolute Gasteiger partial charge is 0.331 e. The minimum atomic E-state index is -0.354. The van der Waals surface area contributed by atoms with Crippen LogP contribution in [0.15, 0.2) is 60.7 Å². The number of nitrogens with zero attached hydrogens (tertiary/aromatic N) is 1. The van der Waals surface area contributed by atoms with E-state index in [1.54, 1.807) is 11.0 Å². The molecule has 1 amide bonds. The Labute approximate surface area is 154 Å². The molecule has 1 heterocycles. The molecule has 1 unspecified atom stereocenters. The summed E-state index contributed by atoms with van der Waals surface area (Å²) in [4.78, 5) is 25.5. The lowest BCUT2D eigenvalue weighted by molar-refractivity contribution is -0.142. The predicted octanol–water partition coefficient (Wildman–Crippen LogP) is 4.00. The zero-order chi connectivity index (χ0) is 18.4. The number of hydrogen-bond donors (Lipinski definition) is 0. The van der Waals surface area contributed by atoms with Gasteiger partial charge in [-0.3, -0.25) is 4.79 Å². The summed E-state index contributed by atoms with van der Waals surface area (Å²) < 4.78 is 5.42. The third-order valence-corrected chi connectivity index (χ3v) is 4.37. The first-order valence-electron chi connectivity index (χ1n) is 8.95. The van der Waals surface area contributed by atoms with E-state index in [4.69, 9.17) is 4.74 Å². The number of carbonyl (C=O) groups excluding carboxylic acids is 2. The molecule has 134 valence electrons. The van der Waals surface area contributed by atoms with Crippen LogP contribution in [0.3, 0.4) is 0 Å². The second-order valence-electron chi connectivity index (χ2n) is 6.51. The first kappa shape index (κ1) is 17.9. The van der Waals surface area contributed by atoms with Crippen molar-refractivity contribution < 1.29 is 14.3 Å². The molecule has 4 heteroatoms. The van der Waals surface area contributed by atoms with Crippen LogP contribution in [0.4, 0.5) is 5.69 Å². The molecule has 26 heavy (non-hydrogen) atoms. The highest BCUT2D eigenvalue weighted by atomic mass is 16.5. The van der Waals surface area contributed by atoms with Crippen LogP contribution in [0.1, 0.15) is 30.9 Å². The van der Waals surface area contributed by atoms with E-state index in [2.05, 4.69) is 0 Å². The van der Waals surface area contributed by atoms with E-state index in [-0.39, 0.29) is 18.0 Å². The van der Waals surface area contributed by atoms with Crippen LogP contribution in [-0.2, 0) is 20.7 Å². The minimum absolute atomic E-state index is 0.171. The van der Waals surface area contributed by atoms with Gasteiger partial charge in [0, 0.05) is 31.1 Å². The monoisotopic (exact) mass is 349 g/mol. The van der Waals surface area contributed by atoms with Crippen molar-refractivity contribution >= 4 is 23.6 Å². The molecular weight excluding hydrogens is 326 g/mol. The summed E-state index contributed by atoms with van der Waals surface area (Å²) in [5.74, 6) is -0.184. The lowest BCUT2D eigenvalue weighted by atomic mass is 10.1. The van der Waals surface area contributed by atoms with Gasteiger partial charge in [-0.25, -0.2) is 4.79 Å². The van der Waals surface area contributed by atoms with Crippen molar-refractivity contribution in [2.45, 2.75) is 32.3 Å². The van der Waals surface area contributed by atoms with Gasteiger partial charge in [0.1, 0.15) is 6.10 Å². The number of carbonyl (C=O) groups is 2. The van der Waals surface area contributed by atoms with Crippen LogP contribution in [0.2, 0.25) is 0 Å². The lowest BCUT2D eigenvalue weighted by Crippen LogP contribution is -2.23. The summed E-state index contributed by atoms with van der Waals surface area (Å²) in [7, 11) is 0. The fraction of sp³-hybridized carbons (Fsp3) is 0.273. The fourth-order valence-electron chi connectivity index (χ4n) is 3.08. The first-order chi connectivity index (χ1) is 12.6. The number of benzene rings is 2. The van der Waals surface area contributed by atoms with E-state index >= 15 is 0 Å². The van der Waals surface area contributed by atoms with E-state index in [9.17, 15) is 9.59 Å². The molecule has 2 aromatic rings. The molecule has 1 fully saturated rings. The van der Waals surface area contributed by atoms with Gasteiger partial charge in [0.2, 0.25) is 5.91 Å². The van der Waals surface area contributed by atoms with Gasteiger partial charge in [0.25, 0.3) is 0 Å². The van der Waals surface area contributed by atoms with Gasteiger partial charge >= 0.3 is 5.97 Å². The van der Waals surface area contributed by atoms with Crippen LogP contribution in [-0.4, -0.2) is 24.5 Å². The van der Waals surface area contributed by atoms with Gasteiger partial charge in [0.15, 0.2) is 0 Å². The van der Waals surface area contributed by atoms with E-state index in [0.717, 1.165) is 29.8 Å². The highest BCUT2D eigenvalue weighted by Crippen LogP contribution is 2.21. The van der Waals surface area contributed by atoms with Crippen molar-refractivity contribution in [2.75, 3.05) is 11.4 Å². The van der Waals surface area contributed by atoms with Crippen molar-refractivity contribution in [3.63, 3.8) is 0 Å². The van der Waals surface area contributed by atoms with Crippen molar-refractivity contribution in [1.82, 2.24) is 0 Å². The second-order valence-corrected chi connectivity index (χ2v) is 6.51. The van der Waals surface area contributed by atoms with E-state index in [1.165, 1.54) is 6.08 Å². The standard InChI is InChI=1S/C22H23NO3/c1-17(16-19-6-3-2-4-7-19)26-22(25)14-11-18-9-12-20(13-10-18)23-15-5-8-21(23)24/h2-4,6-7,9-14,17H,5,8,15-16H2,1H3. The lowest BCUT2D eigenvalue weighted by Gasteiger charge is -2.15. The molecule has 2 aromatic carbocycles. The maximum atomic E-state index is 12.0. The van der Waals surface area contributed by atoms with Gasteiger partial charge in [-0.2, -0.15) is 0 Å². The van der Waals surface area contributed by atoms with Gasteiger partial charge in [-0.15, -0.1) is 0 Å². The molecular formula is C22H23NO3. The van der Waals surface area contributed by atoms with Crippen molar-refractivity contribution in [3.8, 4) is 0 Å². The average Bonchev–Trinajstić information content (AvgIpc) is 3.07. The molecule has 0 N–H and O–H groups in total. The molecule has 1 aliphatic rings. The number of rotatable bonds is 6. The number of hydrogen-bond acceptors (Lipinski definition) is 3. The zero-order valence-electron chi connectivity index (χ0n) is 14.9. The topological polar surface area (TPSA) is 46.6 Å². The molecule has 0 saturated carbocycles. The Morgan fingerprint density at radius 3 is 2.54 bits per heavy atom. The summed E-state index contributed by atoms with van der Waals surface area (Å²) in [5, 5.41) is 0. The Kier molecular flexibility index (Phi) is 5.84. The van der Waals surface area contributed by atoms with Gasteiger partial charge in [-0.05, 0) is 42.7 Å². The highest BCUT2D eigenvalue weighted by Gasteiger charge is 2.21. The molecule has 1 aliphatic heterocycles. The van der Waals surface area contributed by atoms with Crippen molar-refractivity contribution in [3.05, 3.63) is 71.8 Å². The molecule has 0 spiro atoms.